The standard InChI is InChI=1S/C27H37N2/c1-7-20-15-22(9-3)26(23(10-4)16-20)28-13-14-29(19-28)27-24(11-5)17-21(8-2)18-25(27)12-6/h13-19H,7-12H2,1-6H3/q+1. The van der Waals surface area contributed by atoms with Gasteiger partial charge in [-0.2, -0.15) is 0 Å². The van der Waals surface area contributed by atoms with Crippen molar-refractivity contribution in [3.8, 4) is 11.4 Å². The molecule has 0 radical (unpaired) electrons. The van der Waals surface area contributed by atoms with Gasteiger partial charge in [-0.25, -0.2) is 9.13 Å². The lowest BCUT2D eigenvalue weighted by Gasteiger charge is -2.13. The zero-order chi connectivity index (χ0) is 21.0. The molecule has 2 heteroatoms. The van der Waals surface area contributed by atoms with Gasteiger partial charge in [-0.15, -0.1) is 0 Å². The van der Waals surface area contributed by atoms with Crippen LogP contribution >= 0.6 is 0 Å². The van der Waals surface area contributed by atoms with Gasteiger partial charge in [-0.1, -0.05) is 65.8 Å². The highest BCUT2D eigenvalue weighted by atomic mass is 15.1. The van der Waals surface area contributed by atoms with Gasteiger partial charge in [0.25, 0.3) is 6.33 Å². The number of aromatic nitrogens is 2. The maximum atomic E-state index is 2.39. The van der Waals surface area contributed by atoms with Gasteiger partial charge in [0.15, 0.2) is 0 Å². The van der Waals surface area contributed by atoms with Crippen molar-refractivity contribution in [2.24, 2.45) is 0 Å². The Bertz CT molecular complexity index is 850. The summed E-state index contributed by atoms with van der Waals surface area (Å²) in [6.07, 6.45) is 13.1. The molecular weight excluding hydrogens is 352 g/mol. The van der Waals surface area contributed by atoms with Crippen molar-refractivity contribution in [2.45, 2.75) is 80.1 Å². The van der Waals surface area contributed by atoms with Crippen LogP contribution in [-0.2, 0) is 38.5 Å². The molecule has 0 aliphatic rings. The van der Waals surface area contributed by atoms with E-state index in [1.807, 2.05) is 0 Å². The van der Waals surface area contributed by atoms with E-state index in [4.69, 9.17) is 0 Å². The van der Waals surface area contributed by atoms with E-state index < -0.39 is 0 Å². The Kier molecular flexibility index (Phi) is 6.95. The quantitative estimate of drug-likeness (QED) is 0.410. The molecule has 0 spiro atoms. The minimum Gasteiger partial charge on any atom is -0.201 e. The number of benzene rings is 2. The van der Waals surface area contributed by atoms with Gasteiger partial charge in [0.1, 0.15) is 23.8 Å². The molecule has 1 aromatic heterocycles. The van der Waals surface area contributed by atoms with Crippen LogP contribution in [0.5, 0.6) is 0 Å². The van der Waals surface area contributed by atoms with Crippen LogP contribution in [0.4, 0.5) is 0 Å². The lowest BCUT2D eigenvalue weighted by molar-refractivity contribution is -0.595. The van der Waals surface area contributed by atoms with E-state index in [-0.39, 0.29) is 0 Å². The van der Waals surface area contributed by atoms with E-state index in [1.165, 1.54) is 44.8 Å². The average Bonchev–Trinajstić information content (AvgIpc) is 3.25. The first-order valence-corrected chi connectivity index (χ1v) is 11.5. The van der Waals surface area contributed by atoms with Gasteiger partial charge >= 0.3 is 0 Å². The molecule has 154 valence electrons. The molecule has 2 aromatic carbocycles. The first-order valence-electron chi connectivity index (χ1n) is 11.5. The van der Waals surface area contributed by atoms with Crippen LogP contribution in [0.15, 0.2) is 43.0 Å². The molecule has 3 rings (SSSR count). The second-order valence-electron chi connectivity index (χ2n) is 7.87. The van der Waals surface area contributed by atoms with Gasteiger partial charge in [0, 0.05) is 0 Å². The van der Waals surface area contributed by atoms with Crippen molar-refractivity contribution < 1.29 is 4.57 Å². The van der Waals surface area contributed by atoms with Crippen LogP contribution in [0.25, 0.3) is 11.4 Å². The Morgan fingerprint density at radius 2 is 1.07 bits per heavy atom. The minimum absolute atomic E-state index is 1.06. The average molecular weight is 390 g/mol. The lowest BCUT2D eigenvalue weighted by Crippen LogP contribution is -2.31. The number of imidazole rings is 1. The summed E-state index contributed by atoms with van der Waals surface area (Å²) >= 11 is 0. The SMILES string of the molecule is CCc1cc(CC)c(-n2cc[n+](-c3c(CC)cc(CC)cc3CC)c2)c(CC)c1. The highest BCUT2D eigenvalue weighted by molar-refractivity contribution is 5.51. The predicted octanol–water partition coefficient (Wildman–Crippen LogP) is 6.13. The zero-order valence-corrected chi connectivity index (χ0v) is 19.2. The fourth-order valence-corrected chi connectivity index (χ4v) is 4.43. The molecule has 29 heavy (non-hydrogen) atoms. The second-order valence-corrected chi connectivity index (χ2v) is 7.87. The molecule has 0 unspecified atom stereocenters. The molecular formula is C27H37N2+. The molecule has 0 aliphatic carbocycles. The smallest absolute Gasteiger partial charge is 0.201 e. The molecule has 0 fully saturated rings. The van der Waals surface area contributed by atoms with Gasteiger partial charge in [-0.3, -0.25) is 0 Å². The molecule has 3 aromatic rings. The summed E-state index contributed by atoms with van der Waals surface area (Å²) in [5.41, 5.74) is 11.4. The molecule has 0 saturated carbocycles. The van der Waals surface area contributed by atoms with Crippen LogP contribution < -0.4 is 4.57 Å². The Labute approximate surface area is 177 Å². The maximum Gasteiger partial charge on any atom is 0.254 e. The third-order valence-corrected chi connectivity index (χ3v) is 6.15. The largest absolute Gasteiger partial charge is 0.254 e. The summed E-state index contributed by atoms with van der Waals surface area (Å²) in [5, 5.41) is 0. The molecule has 1 heterocycles. The van der Waals surface area contributed by atoms with E-state index in [0.29, 0.717) is 0 Å². The van der Waals surface area contributed by atoms with Crippen LogP contribution in [0, 0.1) is 0 Å². The van der Waals surface area contributed by atoms with E-state index >= 15 is 0 Å². The maximum absolute atomic E-state index is 2.39. The first-order chi connectivity index (χ1) is 14.1. The number of aryl methyl sites for hydroxylation is 6. The third kappa shape index (κ3) is 4.17. The Balaban J connectivity index is 2.17. The summed E-state index contributed by atoms with van der Waals surface area (Å²) in [6, 6.07) is 9.57. The Morgan fingerprint density at radius 1 is 0.621 bits per heavy atom. The normalized spacial score (nSPS) is 11.2. The van der Waals surface area contributed by atoms with Crippen LogP contribution in [0.1, 0.15) is 74.9 Å². The van der Waals surface area contributed by atoms with E-state index in [2.05, 4.69) is 93.7 Å². The highest BCUT2D eigenvalue weighted by Crippen LogP contribution is 2.25. The second kappa shape index (κ2) is 9.43. The number of nitrogens with zero attached hydrogens (tertiary/aromatic N) is 2. The van der Waals surface area contributed by atoms with Crippen molar-refractivity contribution in [2.75, 3.05) is 0 Å². The number of hydrogen-bond acceptors (Lipinski definition) is 0. The molecule has 0 bridgehead atoms. The van der Waals surface area contributed by atoms with E-state index in [1.54, 1.807) is 0 Å². The lowest BCUT2D eigenvalue weighted by atomic mass is 9.97. The fraction of sp³-hybridized carbons (Fsp3) is 0.444. The van der Waals surface area contributed by atoms with Gasteiger partial charge in [-0.05, 0) is 71.9 Å². The summed E-state index contributed by atoms with van der Waals surface area (Å²) in [5.74, 6) is 0. The molecule has 0 atom stereocenters. The van der Waals surface area contributed by atoms with Crippen LogP contribution in [-0.4, -0.2) is 4.57 Å². The Hall–Kier alpha value is -2.35. The van der Waals surface area contributed by atoms with Gasteiger partial charge < -0.3 is 0 Å². The van der Waals surface area contributed by atoms with Crippen molar-refractivity contribution in [3.63, 3.8) is 0 Å². The number of rotatable bonds is 8. The van der Waals surface area contributed by atoms with E-state index in [9.17, 15) is 0 Å². The first kappa shape index (κ1) is 21.4. The highest BCUT2D eigenvalue weighted by Gasteiger charge is 2.20. The van der Waals surface area contributed by atoms with E-state index in [0.717, 1.165) is 38.5 Å². The Morgan fingerprint density at radius 3 is 1.48 bits per heavy atom. The third-order valence-electron chi connectivity index (χ3n) is 6.15. The fourth-order valence-electron chi connectivity index (χ4n) is 4.43. The predicted molar refractivity (Wildman–Crippen MR) is 124 cm³/mol. The molecule has 0 N–H and O–H groups in total. The van der Waals surface area contributed by atoms with Crippen LogP contribution in [0.2, 0.25) is 0 Å². The summed E-state index contributed by atoms with van der Waals surface area (Å²) in [6.45, 7) is 13.6. The molecule has 0 saturated heterocycles. The van der Waals surface area contributed by atoms with Gasteiger partial charge in [0.2, 0.25) is 0 Å². The topological polar surface area (TPSA) is 8.81 Å². The molecule has 0 amide bonds. The summed E-state index contributed by atoms with van der Waals surface area (Å²) in [4.78, 5) is 0. The summed E-state index contributed by atoms with van der Waals surface area (Å²) in [7, 11) is 0. The molecule has 0 aliphatic heterocycles. The van der Waals surface area contributed by atoms with Gasteiger partial charge in [0.05, 0.1) is 0 Å². The molecule has 2 nitrogen and oxygen atoms in total. The van der Waals surface area contributed by atoms with Crippen molar-refractivity contribution in [1.82, 2.24) is 4.57 Å². The summed E-state index contributed by atoms with van der Waals surface area (Å²) < 4.78 is 4.67. The number of hydrogen-bond donors (Lipinski definition) is 0. The minimum atomic E-state index is 1.06. The zero-order valence-electron chi connectivity index (χ0n) is 19.2. The van der Waals surface area contributed by atoms with Crippen molar-refractivity contribution >= 4 is 0 Å². The monoisotopic (exact) mass is 389 g/mol. The van der Waals surface area contributed by atoms with Crippen molar-refractivity contribution in [3.05, 3.63) is 76.4 Å². The van der Waals surface area contributed by atoms with Crippen LogP contribution in [0.3, 0.4) is 0 Å². The van der Waals surface area contributed by atoms with Crippen molar-refractivity contribution in [1.29, 1.82) is 0 Å².